The van der Waals surface area contributed by atoms with E-state index in [0.717, 1.165) is 35.4 Å². The molecule has 5 nitrogen and oxygen atoms in total. The standard InChI is InChI=1S/C21H22F2N4OS/c1-4-5-20(14-8-16(29-3)11-24-10-14)26-21(28)17-12-25-27(13(17)2)15-6-7-18(22)19(23)9-15/h6-12,20H,4-5H2,1-3H3,(H,26,28). The van der Waals surface area contributed by atoms with Crippen molar-refractivity contribution in [3.8, 4) is 5.69 Å². The molecule has 2 heterocycles. The van der Waals surface area contributed by atoms with E-state index in [4.69, 9.17) is 0 Å². The Morgan fingerprint density at radius 2 is 2.00 bits per heavy atom. The minimum Gasteiger partial charge on any atom is -0.345 e. The van der Waals surface area contributed by atoms with E-state index < -0.39 is 11.6 Å². The Bertz CT molecular complexity index is 1020. The van der Waals surface area contributed by atoms with E-state index in [9.17, 15) is 13.6 Å². The number of pyridine rings is 1. The van der Waals surface area contributed by atoms with Crippen LogP contribution in [-0.2, 0) is 0 Å². The molecule has 29 heavy (non-hydrogen) atoms. The van der Waals surface area contributed by atoms with Gasteiger partial charge in [0.2, 0.25) is 0 Å². The van der Waals surface area contributed by atoms with Crippen LogP contribution in [0, 0.1) is 18.6 Å². The minimum absolute atomic E-state index is 0.182. The lowest BCUT2D eigenvalue weighted by Gasteiger charge is -2.19. The fourth-order valence-corrected chi connectivity index (χ4v) is 3.51. The molecular formula is C21H22F2N4OS. The molecule has 1 aromatic carbocycles. The fraction of sp³-hybridized carbons (Fsp3) is 0.286. The average molecular weight is 416 g/mol. The smallest absolute Gasteiger partial charge is 0.255 e. The van der Waals surface area contributed by atoms with Crippen LogP contribution in [-0.4, -0.2) is 26.9 Å². The first-order chi connectivity index (χ1) is 13.9. The van der Waals surface area contributed by atoms with Crippen molar-refractivity contribution in [2.75, 3.05) is 6.26 Å². The lowest BCUT2D eigenvalue weighted by Crippen LogP contribution is -2.29. The van der Waals surface area contributed by atoms with Crippen molar-refractivity contribution in [2.24, 2.45) is 0 Å². The third-order valence-corrected chi connectivity index (χ3v) is 5.35. The number of hydrogen-bond donors (Lipinski definition) is 1. The van der Waals surface area contributed by atoms with E-state index in [-0.39, 0.29) is 11.9 Å². The highest BCUT2D eigenvalue weighted by Crippen LogP contribution is 2.24. The van der Waals surface area contributed by atoms with Crippen LogP contribution in [0.2, 0.25) is 0 Å². The molecule has 0 radical (unpaired) electrons. The first-order valence-electron chi connectivity index (χ1n) is 9.24. The normalized spacial score (nSPS) is 12.0. The van der Waals surface area contributed by atoms with Gasteiger partial charge < -0.3 is 5.32 Å². The Hall–Kier alpha value is -2.74. The quantitative estimate of drug-likeness (QED) is 0.560. The molecule has 0 bridgehead atoms. The minimum atomic E-state index is -0.965. The zero-order valence-corrected chi connectivity index (χ0v) is 17.3. The second-order valence-electron chi connectivity index (χ2n) is 6.63. The van der Waals surface area contributed by atoms with Gasteiger partial charge in [-0.15, -0.1) is 11.8 Å². The van der Waals surface area contributed by atoms with Crippen LogP contribution in [0.15, 0.2) is 47.8 Å². The lowest BCUT2D eigenvalue weighted by molar-refractivity contribution is 0.0933. The molecule has 2 aromatic heterocycles. The van der Waals surface area contributed by atoms with Gasteiger partial charge in [0.25, 0.3) is 5.91 Å². The number of halogens is 2. The number of rotatable bonds is 7. The molecule has 1 N–H and O–H groups in total. The van der Waals surface area contributed by atoms with Gasteiger partial charge in [-0.2, -0.15) is 5.10 Å². The number of thioether (sulfide) groups is 1. The van der Waals surface area contributed by atoms with Crippen molar-refractivity contribution in [1.29, 1.82) is 0 Å². The van der Waals surface area contributed by atoms with Crippen LogP contribution < -0.4 is 5.32 Å². The van der Waals surface area contributed by atoms with Gasteiger partial charge in [0, 0.05) is 23.4 Å². The maximum atomic E-state index is 13.6. The second-order valence-corrected chi connectivity index (χ2v) is 7.51. The van der Waals surface area contributed by atoms with Crippen LogP contribution in [0.25, 0.3) is 5.69 Å². The maximum Gasteiger partial charge on any atom is 0.255 e. The molecule has 152 valence electrons. The van der Waals surface area contributed by atoms with Gasteiger partial charge in [-0.25, -0.2) is 13.5 Å². The van der Waals surface area contributed by atoms with Crippen molar-refractivity contribution in [2.45, 2.75) is 37.6 Å². The Labute approximate surface area is 172 Å². The summed E-state index contributed by atoms with van der Waals surface area (Å²) >= 11 is 1.59. The molecule has 3 rings (SSSR count). The third-order valence-electron chi connectivity index (χ3n) is 4.66. The molecule has 0 spiro atoms. The number of nitrogens with one attached hydrogen (secondary N) is 1. The molecule has 0 aliphatic heterocycles. The number of hydrogen-bond acceptors (Lipinski definition) is 4. The van der Waals surface area contributed by atoms with E-state index in [1.165, 1.54) is 16.9 Å². The Morgan fingerprint density at radius 1 is 1.21 bits per heavy atom. The van der Waals surface area contributed by atoms with E-state index in [1.807, 2.05) is 12.3 Å². The topological polar surface area (TPSA) is 59.8 Å². The number of carbonyl (C=O) groups is 1. The molecule has 0 aliphatic carbocycles. The lowest BCUT2D eigenvalue weighted by atomic mass is 10.0. The molecule has 0 aliphatic rings. The number of aromatic nitrogens is 3. The van der Waals surface area contributed by atoms with Gasteiger partial charge in [0.15, 0.2) is 11.6 Å². The first-order valence-corrected chi connectivity index (χ1v) is 10.5. The SMILES string of the molecule is CCCC(NC(=O)c1cnn(-c2ccc(F)c(F)c2)c1C)c1cncc(SC)c1. The van der Waals surface area contributed by atoms with Crippen molar-refractivity contribution in [3.05, 3.63) is 71.3 Å². The molecular weight excluding hydrogens is 394 g/mol. The Kier molecular flexibility index (Phi) is 6.64. The van der Waals surface area contributed by atoms with Gasteiger partial charge in [-0.3, -0.25) is 9.78 Å². The Morgan fingerprint density at radius 3 is 2.69 bits per heavy atom. The van der Waals surface area contributed by atoms with Crippen LogP contribution in [0.5, 0.6) is 0 Å². The molecule has 0 saturated carbocycles. The Balaban J connectivity index is 1.85. The summed E-state index contributed by atoms with van der Waals surface area (Å²) in [7, 11) is 0. The van der Waals surface area contributed by atoms with Crippen LogP contribution in [0.1, 0.15) is 47.4 Å². The van der Waals surface area contributed by atoms with E-state index >= 15 is 0 Å². The fourth-order valence-electron chi connectivity index (χ4n) is 3.09. The zero-order valence-electron chi connectivity index (χ0n) is 16.4. The molecule has 1 unspecified atom stereocenters. The number of nitrogens with zero attached hydrogens (tertiary/aromatic N) is 3. The van der Waals surface area contributed by atoms with Gasteiger partial charge in [0.05, 0.1) is 29.2 Å². The monoisotopic (exact) mass is 416 g/mol. The van der Waals surface area contributed by atoms with E-state index in [0.29, 0.717) is 16.9 Å². The molecule has 0 saturated heterocycles. The summed E-state index contributed by atoms with van der Waals surface area (Å²) < 4.78 is 28.2. The highest BCUT2D eigenvalue weighted by Gasteiger charge is 2.20. The average Bonchev–Trinajstić information content (AvgIpc) is 3.11. The first kappa shape index (κ1) is 21.0. The predicted octanol–water partition coefficient (Wildman–Crippen LogP) is 4.85. The summed E-state index contributed by atoms with van der Waals surface area (Å²) in [6, 6.07) is 5.35. The highest BCUT2D eigenvalue weighted by atomic mass is 32.2. The summed E-state index contributed by atoms with van der Waals surface area (Å²) in [6.45, 7) is 3.77. The summed E-state index contributed by atoms with van der Waals surface area (Å²) in [4.78, 5) is 18.2. The van der Waals surface area contributed by atoms with Crippen molar-refractivity contribution in [1.82, 2.24) is 20.1 Å². The van der Waals surface area contributed by atoms with E-state index in [1.54, 1.807) is 31.1 Å². The van der Waals surface area contributed by atoms with Crippen molar-refractivity contribution >= 4 is 17.7 Å². The van der Waals surface area contributed by atoms with Crippen LogP contribution in [0.3, 0.4) is 0 Å². The van der Waals surface area contributed by atoms with Gasteiger partial charge in [-0.05, 0) is 43.4 Å². The molecule has 0 fully saturated rings. The summed E-state index contributed by atoms with van der Waals surface area (Å²) in [5, 5.41) is 7.23. The zero-order chi connectivity index (χ0) is 21.0. The van der Waals surface area contributed by atoms with Crippen molar-refractivity contribution in [3.63, 3.8) is 0 Å². The van der Waals surface area contributed by atoms with Gasteiger partial charge in [-0.1, -0.05) is 13.3 Å². The number of benzene rings is 1. The summed E-state index contributed by atoms with van der Waals surface area (Å²) in [6.07, 6.45) is 8.62. The third kappa shape index (κ3) is 4.64. The molecule has 1 amide bonds. The molecule has 1 atom stereocenters. The van der Waals surface area contributed by atoms with Gasteiger partial charge in [0.1, 0.15) is 0 Å². The van der Waals surface area contributed by atoms with Gasteiger partial charge >= 0.3 is 0 Å². The number of amides is 1. The highest BCUT2D eigenvalue weighted by molar-refractivity contribution is 7.98. The largest absolute Gasteiger partial charge is 0.345 e. The maximum absolute atomic E-state index is 13.6. The molecule has 3 aromatic rings. The predicted molar refractivity (Wildman–Crippen MR) is 109 cm³/mol. The van der Waals surface area contributed by atoms with Crippen LogP contribution in [0.4, 0.5) is 8.78 Å². The van der Waals surface area contributed by atoms with Crippen LogP contribution >= 0.6 is 11.8 Å². The van der Waals surface area contributed by atoms with E-state index in [2.05, 4.69) is 22.3 Å². The summed E-state index contributed by atoms with van der Waals surface area (Å²) in [5.41, 5.74) is 2.21. The second kappa shape index (κ2) is 9.17. The summed E-state index contributed by atoms with van der Waals surface area (Å²) in [5.74, 6) is -2.17. The molecule has 8 heteroatoms. The number of carbonyl (C=O) groups excluding carboxylic acids is 1. The van der Waals surface area contributed by atoms with Crippen molar-refractivity contribution < 1.29 is 13.6 Å².